The predicted molar refractivity (Wildman–Crippen MR) is 112 cm³/mol. The molecule has 1 fully saturated rings. The quantitative estimate of drug-likeness (QED) is 0.688. The highest BCUT2D eigenvalue weighted by molar-refractivity contribution is 5.91. The lowest BCUT2D eigenvalue weighted by molar-refractivity contribution is 0.301. The van der Waals surface area contributed by atoms with Crippen LogP contribution in [-0.2, 0) is 13.0 Å². The van der Waals surface area contributed by atoms with E-state index in [2.05, 4.69) is 67.7 Å². The van der Waals surface area contributed by atoms with Gasteiger partial charge in [-0.2, -0.15) is 15.1 Å². The van der Waals surface area contributed by atoms with Gasteiger partial charge in [0.25, 0.3) is 0 Å². The van der Waals surface area contributed by atoms with Crippen molar-refractivity contribution in [2.75, 3.05) is 36.9 Å². The molecule has 0 bridgehead atoms. The van der Waals surface area contributed by atoms with E-state index in [-0.39, 0.29) is 0 Å². The first-order valence-electron chi connectivity index (χ1n) is 10.3. The normalized spacial score (nSPS) is 19.5. The third kappa shape index (κ3) is 3.30. The minimum absolute atomic E-state index is 0.668. The molecule has 2 aromatic heterocycles. The summed E-state index contributed by atoms with van der Waals surface area (Å²) in [6.45, 7) is 3.88. The maximum Gasteiger partial charge on any atom is 0.226 e. The zero-order valence-corrected chi connectivity index (χ0v) is 16.4. The summed E-state index contributed by atoms with van der Waals surface area (Å²) in [5.74, 6) is 1.67. The van der Waals surface area contributed by atoms with Gasteiger partial charge < -0.3 is 15.1 Å². The van der Waals surface area contributed by atoms with Crippen LogP contribution >= 0.6 is 0 Å². The lowest BCUT2D eigenvalue weighted by Crippen LogP contribution is -2.30. The van der Waals surface area contributed by atoms with Gasteiger partial charge in [0.05, 0.1) is 11.1 Å². The Kier molecular flexibility index (Phi) is 4.60. The van der Waals surface area contributed by atoms with E-state index in [9.17, 15) is 0 Å². The van der Waals surface area contributed by atoms with Crippen molar-refractivity contribution in [1.82, 2.24) is 25.1 Å². The number of anilines is 2. The molecule has 0 aliphatic carbocycles. The Morgan fingerprint density at radius 2 is 2.07 bits per heavy atom. The number of H-pyrrole nitrogens is 1. The van der Waals surface area contributed by atoms with Crippen molar-refractivity contribution in [3.8, 4) is 0 Å². The van der Waals surface area contributed by atoms with E-state index in [1.54, 1.807) is 0 Å². The van der Waals surface area contributed by atoms with Crippen LogP contribution in [-0.4, -0.2) is 57.8 Å². The fourth-order valence-corrected chi connectivity index (χ4v) is 4.46. The van der Waals surface area contributed by atoms with Crippen LogP contribution in [0, 0.1) is 0 Å². The van der Waals surface area contributed by atoms with Gasteiger partial charge in [0.2, 0.25) is 5.95 Å². The van der Waals surface area contributed by atoms with Crippen molar-refractivity contribution in [3.63, 3.8) is 0 Å². The summed E-state index contributed by atoms with van der Waals surface area (Å²) in [5, 5.41) is 12.1. The van der Waals surface area contributed by atoms with E-state index in [0.29, 0.717) is 12.0 Å². The lowest BCUT2D eigenvalue weighted by Gasteiger charge is -2.28. The van der Waals surface area contributed by atoms with E-state index in [1.165, 1.54) is 24.9 Å². The molecule has 7 heteroatoms. The van der Waals surface area contributed by atoms with Crippen molar-refractivity contribution >= 4 is 22.8 Å². The molecule has 1 saturated heterocycles. The van der Waals surface area contributed by atoms with Crippen LogP contribution in [0.2, 0.25) is 0 Å². The Labute approximate surface area is 165 Å². The summed E-state index contributed by atoms with van der Waals surface area (Å²) >= 11 is 0. The second kappa shape index (κ2) is 7.39. The number of nitrogens with one attached hydrogen (secondary N) is 2. The molecule has 1 unspecified atom stereocenters. The lowest BCUT2D eigenvalue weighted by atomic mass is 10.1. The molecular formula is C21H27N7. The van der Waals surface area contributed by atoms with Crippen LogP contribution in [0.3, 0.4) is 0 Å². The summed E-state index contributed by atoms with van der Waals surface area (Å²) in [4.78, 5) is 14.4. The standard InChI is InChI=1S/C21H27N7/c1-27-12-5-8-16(27)9-11-22-21-23-19-18-17(25-26-19)10-13-28(20(18)24-21)14-15-6-3-2-4-7-15/h2-4,6-7,16H,5,8-14H2,1H3,(H2,22,23,24,25,26). The van der Waals surface area contributed by atoms with Gasteiger partial charge in [0.1, 0.15) is 5.82 Å². The third-order valence-corrected chi connectivity index (χ3v) is 6.05. The van der Waals surface area contributed by atoms with Gasteiger partial charge >= 0.3 is 0 Å². The van der Waals surface area contributed by atoms with Crippen LogP contribution < -0.4 is 10.2 Å². The number of hydrogen-bond acceptors (Lipinski definition) is 6. The molecule has 7 nitrogen and oxygen atoms in total. The number of aromatic nitrogens is 4. The van der Waals surface area contributed by atoms with Crippen LogP contribution in [0.4, 0.5) is 11.8 Å². The van der Waals surface area contributed by atoms with E-state index < -0.39 is 0 Å². The maximum absolute atomic E-state index is 4.89. The third-order valence-electron chi connectivity index (χ3n) is 6.05. The van der Waals surface area contributed by atoms with Gasteiger partial charge in [-0.1, -0.05) is 30.3 Å². The van der Waals surface area contributed by atoms with Crippen molar-refractivity contribution in [3.05, 3.63) is 41.6 Å². The summed E-state index contributed by atoms with van der Waals surface area (Å²) in [6.07, 6.45) is 4.66. The van der Waals surface area contributed by atoms with Crippen LogP contribution in [0.5, 0.6) is 0 Å². The number of nitrogens with zero attached hydrogens (tertiary/aromatic N) is 5. The molecule has 1 atom stereocenters. The van der Waals surface area contributed by atoms with E-state index in [0.717, 1.165) is 55.0 Å². The van der Waals surface area contributed by atoms with Gasteiger partial charge in [-0.05, 0) is 38.4 Å². The van der Waals surface area contributed by atoms with Crippen molar-refractivity contribution in [2.45, 2.75) is 38.3 Å². The van der Waals surface area contributed by atoms with Crippen LogP contribution in [0.15, 0.2) is 30.3 Å². The van der Waals surface area contributed by atoms with Gasteiger partial charge in [0, 0.05) is 32.1 Å². The number of hydrogen-bond donors (Lipinski definition) is 2. The number of likely N-dealkylation sites (tertiary alicyclic amines) is 1. The minimum atomic E-state index is 0.668. The fraction of sp³-hybridized carbons (Fsp3) is 0.476. The van der Waals surface area contributed by atoms with E-state index >= 15 is 0 Å². The summed E-state index contributed by atoms with van der Waals surface area (Å²) < 4.78 is 0. The molecular weight excluding hydrogens is 350 g/mol. The molecule has 28 heavy (non-hydrogen) atoms. The predicted octanol–water partition coefficient (Wildman–Crippen LogP) is 2.81. The molecule has 3 aromatic rings. The Hall–Kier alpha value is -2.67. The Bertz CT molecular complexity index is 952. The smallest absolute Gasteiger partial charge is 0.226 e. The van der Waals surface area contributed by atoms with Crippen LogP contribution in [0.25, 0.3) is 11.0 Å². The first-order valence-corrected chi connectivity index (χ1v) is 10.3. The molecule has 146 valence electrons. The zero-order valence-electron chi connectivity index (χ0n) is 16.4. The highest BCUT2D eigenvalue weighted by Crippen LogP contribution is 2.32. The second-order valence-corrected chi connectivity index (χ2v) is 7.92. The van der Waals surface area contributed by atoms with Gasteiger partial charge in [-0.3, -0.25) is 5.10 Å². The van der Waals surface area contributed by atoms with Gasteiger partial charge in [-0.25, -0.2) is 0 Å². The first kappa shape index (κ1) is 17.4. The maximum atomic E-state index is 4.89. The first-order chi connectivity index (χ1) is 13.8. The van der Waals surface area contributed by atoms with Crippen molar-refractivity contribution in [1.29, 1.82) is 0 Å². The van der Waals surface area contributed by atoms with Crippen molar-refractivity contribution < 1.29 is 0 Å². The largest absolute Gasteiger partial charge is 0.354 e. The summed E-state index contributed by atoms with van der Waals surface area (Å²) in [7, 11) is 2.22. The number of benzene rings is 1. The molecule has 0 radical (unpaired) electrons. The second-order valence-electron chi connectivity index (χ2n) is 7.92. The SMILES string of the molecule is CN1CCCC1CCNc1nc2c3c([nH]nc3n1)CCN2Cc1ccccc1. The molecule has 0 spiro atoms. The summed E-state index contributed by atoms with van der Waals surface area (Å²) in [6, 6.07) is 11.2. The molecule has 4 heterocycles. The molecule has 0 saturated carbocycles. The summed E-state index contributed by atoms with van der Waals surface area (Å²) in [5.41, 5.74) is 3.20. The minimum Gasteiger partial charge on any atom is -0.354 e. The van der Waals surface area contributed by atoms with E-state index in [4.69, 9.17) is 4.98 Å². The number of rotatable bonds is 6. The average Bonchev–Trinajstić information content (AvgIpc) is 3.32. The van der Waals surface area contributed by atoms with E-state index in [1.807, 2.05) is 0 Å². The number of aromatic amines is 1. The molecule has 2 N–H and O–H groups in total. The van der Waals surface area contributed by atoms with Crippen LogP contribution in [0.1, 0.15) is 30.5 Å². The molecule has 5 rings (SSSR count). The molecule has 1 aromatic carbocycles. The average molecular weight is 377 g/mol. The van der Waals surface area contributed by atoms with Gasteiger partial charge in [0.15, 0.2) is 5.65 Å². The Balaban J connectivity index is 1.37. The topological polar surface area (TPSA) is 73.0 Å². The highest BCUT2D eigenvalue weighted by Gasteiger charge is 2.25. The molecule has 2 aliphatic rings. The Morgan fingerprint density at radius 1 is 1.18 bits per heavy atom. The molecule has 2 aliphatic heterocycles. The Morgan fingerprint density at radius 3 is 2.89 bits per heavy atom. The highest BCUT2D eigenvalue weighted by atomic mass is 15.3. The monoisotopic (exact) mass is 377 g/mol. The van der Waals surface area contributed by atoms with Crippen molar-refractivity contribution in [2.24, 2.45) is 0 Å². The zero-order chi connectivity index (χ0) is 18.9. The molecule has 0 amide bonds. The van der Waals surface area contributed by atoms with Gasteiger partial charge in [-0.15, -0.1) is 0 Å². The fourth-order valence-electron chi connectivity index (χ4n) is 4.46.